The van der Waals surface area contributed by atoms with Crippen molar-refractivity contribution in [3.05, 3.63) is 90.5 Å². The molecule has 0 saturated heterocycles. The summed E-state index contributed by atoms with van der Waals surface area (Å²) in [4.78, 5) is 22.8. The second kappa shape index (κ2) is 12.0. The number of carbonyl (C=O) groups excluding carboxylic acids is 1. The second-order valence-electron chi connectivity index (χ2n) is 7.56. The van der Waals surface area contributed by atoms with E-state index in [9.17, 15) is 25.3 Å². The second-order valence-corrected chi connectivity index (χ2v) is 8.72. The topological polar surface area (TPSA) is 135 Å². The highest BCUT2D eigenvalue weighted by atomic mass is 127. The van der Waals surface area contributed by atoms with Gasteiger partial charge >= 0.3 is 0 Å². The van der Waals surface area contributed by atoms with Crippen LogP contribution in [0.25, 0.3) is 6.08 Å². The molecule has 0 aliphatic heterocycles. The summed E-state index contributed by atoms with van der Waals surface area (Å²) in [5.41, 5.74) is 2.05. The molecule has 0 bridgehead atoms. The minimum absolute atomic E-state index is 0.0590. The Morgan fingerprint density at radius 1 is 1.22 bits per heavy atom. The molecule has 1 amide bonds. The van der Waals surface area contributed by atoms with Crippen LogP contribution < -0.4 is 14.8 Å². The smallest absolute Gasteiger partial charge is 0.273 e. The van der Waals surface area contributed by atoms with Crippen LogP contribution in [0.5, 0.6) is 17.2 Å². The number of aryl methyl sites for hydroxylation is 1. The zero-order valence-electron chi connectivity index (χ0n) is 19.4. The van der Waals surface area contributed by atoms with E-state index in [0.717, 1.165) is 26.8 Å². The van der Waals surface area contributed by atoms with Gasteiger partial charge in [0.05, 0.1) is 26.9 Å². The molecule has 0 atom stereocenters. The third kappa shape index (κ3) is 6.51. The molecule has 9 nitrogen and oxygen atoms in total. The summed E-state index contributed by atoms with van der Waals surface area (Å²) < 4.78 is 12.6. The van der Waals surface area contributed by atoms with Crippen molar-refractivity contribution < 1.29 is 24.3 Å². The Hall–Kier alpha value is -4.11. The summed E-state index contributed by atoms with van der Waals surface area (Å²) >= 11 is 2.10. The number of nitro benzene ring substituents is 1. The number of hydrogen-bond acceptors (Lipinski definition) is 7. The first-order valence-corrected chi connectivity index (χ1v) is 11.9. The van der Waals surface area contributed by atoms with Gasteiger partial charge in [-0.1, -0.05) is 24.3 Å². The number of non-ortho nitro benzene ring substituents is 1. The fourth-order valence-corrected chi connectivity index (χ4v) is 4.02. The maximum Gasteiger partial charge on any atom is 0.273 e. The van der Waals surface area contributed by atoms with Crippen molar-refractivity contribution in [1.82, 2.24) is 0 Å². The summed E-state index contributed by atoms with van der Waals surface area (Å²) in [5, 5.41) is 32.8. The van der Waals surface area contributed by atoms with Gasteiger partial charge < -0.3 is 19.9 Å². The van der Waals surface area contributed by atoms with Crippen molar-refractivity contribution in [2.45, 2.75) is 20.5 Å². The number of hydrogen-bond donors (Lipinski definition) is 2. The first-order valence-electron chi connectivity index (χ1n) is 10.8. The molecule has 0 spiro atoms. The first-order chi connectivity index (χ1) is 17.2. The third-order valence-corrected chi connectivity index (χ3v) is 5.88. The number of ether oxygens (including phenoxy) is 2. The average molecular weight is 599 g/mol. The Labute approximate surface area is 221 Å². The molecule has 0 radical (unpaired) electrons. The summed E-state index contributed by atoms with van der Waals surface area (Å²) in [6.45, 7) is 4.58. The quantitative estimate of drug-likeness (QED) is 0.0801. The lowest BCUT2D eigenvalue weighted by molar-refractivity contribution is -0.384. The van der Waals surface area contributed by atoms with Gasteiger partial charge in [0.15, 0.2) is 11.5 Å². The van der Waals surface area contributed by atoms with E-state index < -0.39 is 16.6 Å². The van der Waals surface area contributed by atoms with Gasteiger partial charge in [0, 0.05) is 6.07 Å². The van der Waals surface area contributed by atoms with Crippen LogP contribution in [0.1, 0.15) is 23.6 Å². The average Bonchev–Trinajstić information content (AvgIpc) is 2.84. The van der Waals surface area contributed by atoms with Gasteiger partial charge in [0.25, 0.3) is 11.6 Å². The summed E-state index contributed by atoms with van der Waals surface area (Å²) in [5.74, 6) is -0.251. The molecule has 0 unspecified atom stereocenters. The summed E-state index contributed by atoms with van der Waals surface area (Å²) in [6, 6.07) is 16.4. The highest BCUT2D eigenvalue weighted by Crippen LogP contribution is 2.36. The predicted octanol–water partition coefficient (Wildman–Crippen LogP) is 5.74. The van der Waals surface area contributed by atoms with Gasteiger partial charge in [-0.25, -0.2) is 0 Å². The van der Waals surface area contributed by atoms with Gasteiger partial charge in [-0.2, -0.15) is 5.26 Å². The number of nitrogens with zero attached hydrogens (tertiary/aromatic N) is 2. The number of phenolic OH excluding ortho intramolecular Hbond substituents is 1. The molecule has 2 N–H and O–H groups in total. The number of anilines is 1. The van der Waals surface area contributed by atoms with Gasteiger partial charge in [0.1, 0.15) is 24.0 Å². The number of aromatic hydroxyl groups is 1. The Morgan fingerprint density at radius 3 is 2.61 bits per heavy atom. The predicted molar refractivity (Wildman–Crippen MR) is 143 cm³/mol. The number of halogens is 1. The Kier molecular flexibility index (Phi) is 8.86. The number of carbonyl (C=O) groups is 1. The number of benzene rings is 3. The summed E-state index contributed by atoms with van der Waals surface area (Å²) in [7, 11) is 0. The number of nitriles is 1. The van der Waals surface area contributed by atoms with Crippen LogP contribution in [0.2, 0.25) is 0 Å². The molecule has 0 heterocycles. The molecular formula is C26H22IN3O6. The lowest BCUT2D eigenvalue weighted by Crippen LogP contribution is -2.13. The zero-order valence-corrected chi connectivity index (χ0v) is 21.6. The molecule has 0 saturated carbocycles. The van der Waals surface area contributed by atoms with E-state index in [2.05, 4.69) is 27.9 Å². The van der Waals surface area contributed by atoms with Crippen LogP contribution in [0.4, 0.5) is 11.4 Å². The van der Waals surface area contributed by atoms with Crippen molar-refractivity contribution in [2.24, 2.45) is 0 Å². The van der Waals surface area contributed by atoms with Crippen molar-refractivity contribution >= 4 is 45.9 Å². The minimum Gasteiger partial charge on any atom is -0.506 e. The summed E-state index contributed by atoms with van der Waals surface area (Å²) in [6.07, 6.45) is 1.38. The number of rotatable bonds is 9. The van der Waals surface area contributed by atoms with Crippen LogP contribution >= 0.6 is 22.6 Å². The number of phenols is 1. The van der Waals surface area contributed by atoms with Crippen LogP contribution in [0.3, 0.4) is 0 Å². The molecule has 36 heavy (non-hydrogen) atoms. The number of amides is 1. The van der Waals surface area contributed by atoms with Crippen LogP contribution in [-0.4, -0.2) is 22.5 Å². The monoisotopic (exact) mass is 599 g/mol. The number of nitrogens with one attached hydrogen (secondary N) is 1. The van der Waals surface area contributed by atoms with E-state index in [1.165, 1.54) is 12.1 Å². The van der Waals surface area contributed by atoms with Gasteiger partial charge in [-0.3, -0.25) is 14.9 Å². The van der Waals surface area contributed by atoms with Crippen molar-refractivity contribution in [3.63, 3.8) is 0 Å². The van der Waals surface area contributed by atoms with E-state index >= 15 is 0 Å². The Balaban J connectivity index is 1.86. The largest absolute Gasteiger partial charge is 0.506 e. The van der Waals surface area contributed by atoms with E-state index in [-0.39, 0.29) is 16.9 Å². The van der Waals surface area contributed by atoms with Gasteiger partial charge in [-0.15, -0.1) is 0 Å². The molecule has 0 fully saturated rings. The van der Waals surface area contributed by atoms with Gasteiger partial charge in [0.2, 0.25) is 0 Å². The lowest BCUT2D eigenvalue weighted by Gasteiger charge is -2.16. The highest BCUT2D eigenvalue weighted by molar-refractivity contribution is 14.1. The molecule has 0 aliphatic carbocycles. The number of nitro groups is 1. The highest BCUT2D eigenvalue weighted by Gasteiger charge is 2.17. The minimum atomic E-state index is -0.783. The van der Waals surface area contributed by atoms with Crippen molar-refractivity contribution in [1.29, 1.82) is 5.26 Å². The fraction of sp³-hybridized carbons (Fsp3) is 0.154. The van der Waals surface area contributed by atoms with Crippen molar-refractivity contribution in [3.8, 4) is 23.3 Å². The molecule has 3 rings (SSSR count). The van der Waals surface area contributed by atoms with Gasteiger partial charge in [-0.05, 0) is 77.4 Å². The molecule has 0 aromatic heterocycles. The maximum absolute atomic E-state index is 12.7. The van der Waals surface area contributed by atoms with E-state index in [1.807, 2.05) is 44.2 Å². The van der Waals surface area contributed by atoms with Crippen molar-refractivity contribution in [2.75, 3.05) is 11.9 Å². The van der Waals surface area contributed by atoms with E-state index in [0.29, 0.717) is 30.3 Å². The molecular weight excluding hydrogens is 577 g/mol. The first kappa shape index (κ1) is 26.5. The van der Waals surface area contributed by atoms with E-state index in [4.69, 9.17) is 9.47 Å². The maximum atomic E-state index is 12.7. The fourth-order valence-electron chi connectivity index (χ4n) is 3.24. The molecule has 3 aromatic carbocycles. The van der Waals surface area contributed by atoms with Crippen LogP contribution in [0, 0.1) is 31.9 Å². The molecule has 3 aromatic rings. The van der Waals surface area contributed by atoms with Crippen LogP contribution in [-0.2, 0) is 11.4 Å². The SMILES string of the molecule is CCOc1cc(/C=C(\C#N)C(=O)Nc2ccc([N+](=O)[O-])cc2O)cc(I)c1OCc1ccccc1C. The molecule has 0 aliphatic rings. The molecule has 10 heteroatoms. The zero-order chi connectivity index (χ0) is 26.2. The third-order valence-electron chi connectivity index (χ3n) is 5.08. The normalized spacial score (nSPS) is 10.9. The van der Waals surface area contributed by atoms with E-state index in [1.54, 1.807) is 12.1 Å². The lowest BCUT2D eigenvalue weighted by atomic mass is 10.1. The van der Waals surface area contributed by atoms with Crippen LogP contribution in [0.15, 0.2) is 60.2 Å². The Bertz CT molecular complexity index is 1380. The standard InChI is InChI=1S/C26H22IN3O6/c1-3-35-24-12-17(11-21(27)25(24)36-15-18-7-5-4-6-16(18)2)10-19(14-28)26(32)29-22-9-8-20(30(33)34)13-23(22)31/h4-13,31H,3,15H2,1-2H3,(H,29,32)/b19-10+. The molecule has 184 valence electrons. The Morgan fingerprint density at radius 2 is 1.97 bits per heavy atom.